The summed E-state index contributed by atoms with van der Waals surface area (Å²) < 4.78 is 52.5. The van der Waals surface area contributed by atoms with Gasteiger partial charge in [-0.2, -0.15) is 0 Å². The molecule has 83 valence electrons. The van der Waals surface area contributed by atoms with Gasteiger partial charge in [-0.15, -0.1) is 13.2 Å². The van der Waals surface area contributed by atoms with E-state index in [2.05, 4.69) is 4.74 Å². The van der Waals surface area contributed by atoms with Crippen LogP contribution in [-0.4, -0.2) is 6.36 Å². The van der Waals surface area contributed by atoms with Gasteiger partial charge in [0, 0.05) is 5.92 Å². The molecule has 1 aromatic rings. The summed E-state index contributed by atoms with van der Waals surface area (Å²) in [5.74, 6) is -1.21. The third-order valence-corrected chi connectivity index (χ3v) is 1.73. The lowest BCUT2D eigenvalue weighted by atomic mass is 10.0. The second kappa shape index (κ2) is 4.08. The lowest BCUT2D eigenvalue weighted by Crippen LogP contribution is -2.18. The van der Waals surface area contributed by atoms with Gasteiger partial charge >= 0.3 is 6.36 Å². The number of hydrogen-bond donors (Lipinski definition) is 0. The Labute approximate surface area is 84.7 Å². The van der Waals surface area contributed by atoms with Gasteiger partial charge in [0.2, 0.25) is 0 Å². The maximum absolute atomic E-state index is 13.4. The van der Waals surface area contributed by atoms with Crippen LogP contribution in [0, 0.1) is 11.7 Å². The number of rotatable bonds is 2. The summed E-state index contributed by atoms with van der Waals surface area (Å²) >= 11 is 0. The molecular weight excluding hydrogens is 212 g/mol. The molecule has 15 heavy (non-hydrogen) atoms. The first-order valence-corrected chi connectivity index (χ1v) is 4.16. The van der Waals surface area contributed by atoms with Crippen LogP contribution in [0.1, 0.15) is 19.4 Å². The zero-order valence-electron chi connectivity index (χ0n) is 8.15. The molecule has 1 aromatic carbocycles. The summed E-state index contributed by atoms with van der Waals surface area (Å²) in [6.45, 7) is 3.21. The number of halogens is 4. The van der Waals surface area contributed by atoms with Crippen LogP contribution in [0.3, 0.4) is 0 Å². The van der Waals surface area contributed by atoms with Crippen molar-refractivity contribution in [1.82, 2.24) is 0 Å². The first-order chi connectivity index (χ1) is 6.81. The molecule has 0 aliphatic rings. The predicted molar refractivity (Wildman–Crippen MR) is 46.8 cm³/mol. The van der Waals surface area contributed by atoms with Crippen molar-refractivity contribution in [3.05, 3.63) is 35.5 Å². The zero-order valence-corrected chi connectivity index (χ0v) is 8.15. The molecule has 0 bridgehead atoms. The van der Waals surface area contributed by atoms with Gasteiger partial charge in [0.1, 0.15) is 0 Å². The van der Waals surface area contributed by atoms with Crippen molar-refractivity contribution < 1.29 is 22.3 Å². The van der Waals surface area contributed by atoms with Crippen LogP contribution in [0.2, 0.25) is 0 Å². The summed E-state index contributed by atoms with van der Waals surface area (Å²) in [4.78, 5) is 0. The first-order valence-electron chi connectivity index (χ1n) is 4.16. The predicted octanol–water partition coefficient (Wildman–Crippen LogP) is 3.69. The second-order valence-electron chi connectivity index (χ2n) is 3.17. The summed E-state index contributed by atoms with van der Waals surface area (Å²) in [5, 5.41) is 0. The fourth-order valence-corrected chi connectivity index (χ4v) is 1.10. The van der Waals surface area contributed by atoms with E-state index in [4.69, 9.17) is 0 Å². The largest absolute Gasteiger partial charge is 0.573 e. The fourth-order valence-electron chi connectivity index (χ4n) is 1.10. The quantitative estimate of drug-likeness (QED) is 0.692. The minimum absolute atomic E-state index is 0.122. The van der Waals surface area contributed by atoms with Crippen LogP contribution < -0.4 is 4.74 Å². The Balaban J connectivity index is 3.05. The first kappa shape index (κ1) is 11.8. The number of hydrogen-bond acceptors (Lipinski definition) is 1. The van der Waals surface area contributed by atoms with E-state index in [9.17, 15) is 17.6 Å². The van der Waals surface area contributed by atoms with Crippen molar-refractivity contribution in [3.63, 3.8) is 0 Å². The molecule has 0 aliphatic carbocycles. The molecule has 0 N–H and O–H groups in total. The molecule has 0 fully saturated rings. The van der Waals surface area contributed by atoms with Crippen LogP contribution in [0.5, 0.6) is 5.75 Å². The van der Waals surface area contributed by atoms with Gasteiger partial charge in [0.05, 0.1) is 0 Å². The summed E-state index contributed by atoms with van der Waals surface area (Å²) in [6.07, 6.45) is -4.87. The highest BCUT2D eigenvalue weighted by atomic mass is 19.4. The average molecular weight is 221 g/mol. The van der Waals surface area contributed by atoms with Gasteiger partial charge in [-0.05, 0) is 11.6 Å². The molecule has 0 saturated heterocycles. The molecule has 1 rings (SSSR count). The highest BCUT2D eigenvalue weighted by molar-refractivity contribution is 5.38. The van der Waals surface area contributed by atoms with Crippen LogP contribution in [0.15, 0.2) is 18.2 Å². The second-order valence-corrected chi connectivity index (χ2v) is 3.17. The Morgan fingerprint density at radius 3 is 2.27 bits per heavy atom. The molecule has 0 heterocycles. The number of benzene rings is 1. The molecule has 1 nitrogen and oxygen atoms in total. The maximum atomic E-state index is 13.4. The van der Waals surface area contributed by atoms with Crippen molar-refractivity contribution >= 4 is 0 Å². The van der Waals surface area contributed by atoms with Crippen LogP contribution >= 0.6 is 0 Å². The van der Waals surface area contributed by atoms with E-state index in [1.807, 2.05) is 0 Å². The minimum atomic E-state index is -4.87. The molecule has 0 aromatic heterocycles. The molecule has 1 radical (unpaired) electrons. The third-order valence-electron chi connectivity index (χ3n) is 1.73. The van der Waals surface area contributed by atoms with Gasteiger partial charge < -0.3 is 4.74 Å². The SMILES string of the molecule is C[C](C)c1cccc(OC(F)(F)F)c1F. The molecule has 0 saturated carbocycles. The molecule has 5 heteroatoms. The van der Waals surface area contributed by atoms with E-state index >= 15 is 0 Å². The van der Waals surface area contributed by atoms with E-state index in [-0.39, 0.29) is 5.56 Å². The summed E-state index contributed by atoms with van der Waals surface area (Å²) in [7, 11) is 0. The molecule has 0 atom stereocenters. The third kappa shape index (κ3) is 3.11. The molecule has 0 spiro atoms. The summed E-state index contributed by atoms with van der Waals surface area (Å²) in [5.41, 5.74) is 0.122. The van der Waals surface area contributed by atoms with Crippen molar-refractivity contribution in [2.75, 3.05) is 0 Å². The number of ether oxygens (including phenoxy) is 1. The van der Waals surface area contributed by atoms with Gasteiger partial charge in [-0.3, -0.25) is 0 Å². The Hall–Kier alpha value is -1.26. The fraction of sp³-hybridized carbons (Fsp3) is 0.300. The Morgan fingerprint density at radius 1 is 1.20 bits per heavy atom. The normalized spacial score (nSPS) is 11.9. The van der Waals surface area contributed by atoms with Crippen LogP contribution in [0.4, 0.5) is 17.6 Å². The minimum Gasteiger partial charge on any atom is -0.403 e. The topological polar surface area (TPSA) is 9.23 Å². The molecule has 0 aliphatic heterocycles. The van der Waals surface area contributed by atoms with Crippen LogP contribution in [-0.2, 0) is 0 Å². The highest BCUT2D eigenvalue weighted by Crippen LogP contribution is 2.29. The molecule has 0 unspecified atom stereocenters. The van der Waals surface area contributed by atoms with E-state index in [1.54, 1.807) is 13.8 Å². The van der Waals surface area contributed by atoms with Crippen molar-refractivity contribution in [3.8, 4) is 5.75 Å². The van der Waals surface area contributed by atoms with Crippen molar-refractivity contribution in [2.24, 2.45) is 0 Å². The van der Waals surface area contributed by atoms with E-state index in [0.29, 0.717) is 5.92 Å². The summed E-state index contributed by atoms with van der Waals surface area (Å²) in [6, 6.07) is 3.65. The zero-order chi connectivity index (χ0) is 11.6. The maximum Gasteiger partial charge on any atom is 0.573 e. The van der Waals surface area contributed by atoms with Gasteiger partial charge in [-0.1, -0.05) is 26.0 Å². The molecular formula is C10H9F4O. The van der Waals surface area contributed by atoms with E-state index < -0.39 is 17.9 Å². The Bertz CT molecular complexity index is 344. The monoisotopic (exact) mass is 221 g/mol. The lowest BCUT2D eigenvalue weighted by molar-refractivity contribution is -0.275. The Kier molecular flexibility index (Phi) is 3.21. The van der Waals surface area contributed by atoms with Gasteiger partial charge in [0.25, 0.3) is 0 Å². The van der Waals surface area contributed by atoms with E-state index in [1.165, 1.54) is 12.1 Å². The Morgan fingerprint density at radius 2 is 1.80 bits per heavy atom. The smallest absolute Gasteiger partial charge is 0.403 e. The standard InChI is InChI=1S/C10H9F4O/c1-6(2)7-4-3-5-8(9(7)11)15-10(12,13)14/h3-5H,1-2H3. The average Bonchev–Trinajstić information content (AvgIpc) is 2.05. The van der Waals surface area contributed by atoms with Gasteiger partial charge in [0.15, 0.2) is 11.6 Å². The van der Waals surface area contributed by atoms with Gasteiger partial charge in [-0.25, -0.2) is 4.39 Å². The lowest BCUT2D eigenvalue weighted by Gasteiger charge is -2.13. The van der Waals surface area contributed by atoms with Crippen molar-refractivity contribution in [1.29, 1.82) is 0 Å². The highest BCUT2D eigenvalue weighted by Gasteiger charge is 2.32. The van der Waals surface area contributed by atoms with E-state index in [0.717, 1.165) is 6.07 Å². The van der Waals surface area contributed by atoms with Crippen LogP contribution in [0.25, 0.3) is 0 Å². The van der Waals surface area contributed by atoms with Crippen molar-refractivity contribution in [2.45, 2.75) is 20.2 Å². The molecule has 0 amide bonds. The number of alkyl halides is 3.